The number of guanidine groups is 1. The van der Waals surface area contributed by atoms with Gasteiger partial charge in [0.15, 0.2) is 5.96 Å². The monoisotopic (exact) mass is 523 g/mol. The van der Waals surface area contributed by atoms with Crippen molar-refractivity contribution in [3.63, 3.8) is 0 Å². The minimum absolute atomic E-state index is 0. The van der Waals surface area contributed by atoms with Crippen LogP contribution in [0.3, 0.4) is 0 Å². The fraction of sp³-hybridized carbons (Fsp3) is 0.571. The van der Waals surface area contributed by atoms with Crippen LogP contribution in [0, 0.1) is 17.3 Å². The van der Waals surface area contributed by atoms with Crippen LogP contribution in [0.15, 0.2) is 29.3 Å². The maximum absolute atomic E-state index is 12.7. The molecule has 0 radical (unpaired) electrons. The first-order valence-electron chi connectivity index (χ1n) is 9.48. The molecule has 1 fully saturated rings. The van der Waals surface area contributed by atoms with Crippen LogP contribution in [0.2, 0.25) is 0 Å². The second-order valence-corrected chi connectivity index (χ2v) is 7.11. The lowest BCUT2D eigenvalue weighted by atomic mass is 9.83. The lowest BCUT2D eigenvalue weighted by Gasteiger charge is -2.29. The van der Waals surface area contributed by atoms with Gasteiger partial charge in [-0.2, -0.15) is 13.2 Å². The molecule has 2 rings (SSSR count). The van der Waals surface area contributed by atoms with Gasteiger partial charge in [0.1, 0.15) is 0 Å². The molecule has 0 unspecified atom stereocenters. The molecule has 0 spiro atoms. The van der Waals surface area contributed by atoms with Gasteiger partial charge in [0, 0.05) is 32.9 Å². The zero-order valence-corrected chi connectivity index (χ0v) is 19.2. The Morgan fingerprint density at radius 1 is 1.24 bits per heavy atom. The number of halogens is 4. The summed E-state index contributed by atoms with van der Waals surface area (Å²) in [7, 11) is 3.41. The number of hydrogen-bond acceptors (Lipinski definition) is 2. The Morgan fingerprint density at radius 2 is 1.97 bits per heavy atom. The summed E-state index contributed by atoms with van der Waals surface area (Å²) in [4.78, 5) is 4.20. The van der Waals surface area contributed by atoms with E-state index in [2.05, 4.69) is 27.5 Å². The highest BCUT2D eigenvalue weighted by atomic mass is 127. The van der Waals surface area contributed by atoms with E-state index in [-0.39, 0.29) is 29.4 Å². The van der Waals surface area contributed by atoms with Gasteiger partial charge in [-0.15, -0.1) is 24.0 Å². The van der Waals surface area contributed by atoms with Crippen molar-refractivity contribution in [3.8, 4) is 11.8 Å². The van der Waals surface area contributed by atoms with Crippen LogP contribution in [-0.2, 0) is 10.9 Å². The van der Waals surface area contributed by atoms with Gasteiger partial charge < -0.3 is 15.4 Å². The summed E-state index contributed by atoms with van der Waals surface area (Å²) < 4.78 is 43.5. The quantitative estimate of drug-likeness (QED) is 0.251. The van der Waals surface area contributed by atoms with Crippen LogP contribution in [0.25, 0.3) is 0 Å². The number of nitrogens with zero attached hydrogens (tertiary/aromatic N) is 1. The largest absolute Gasteiger partial charge is 0.416 e. The zero-order chi connectivity index (χ0) is 20.5. The number of hydrogen-bond donors (Lipinski definition) is 2. The summed E-state index contributed by atoms with van der Waals surface area (Å²) in [6.45, 7) is 1.86. The van der Waals surface area contributed by atoms with Crippen molar-refractivity contribution in [2.45, 2.75) is 38.3 Å². The Labute approximate surface area is 188 Å². The van der Waals surface area contributed by atoms with E-state index in [1.807, 2.05) is 0 Å². The van der Waals surface area contributed by atoms with Crippen molar-refractivity contribution in [1.82, 2.24) is 10.6 Å². The lowest BCUT2D eigenvalue weighted by molar-refractivity contribution is -0.137. The average molecular weight is 523 g/mol. The number of rotatable bonds is 6. The molecular weight excluding hydrogens is 494 g/mol. The Morgan fingerprint density at radius 3 is 2.59 bits per heavy atom. The molecule has 1 aliphatic rings. The third-order valence-corrected chi connectivity index (χ3v) is 5.12. The summed E-state index contributed by atoms with van der Waals surface area (Å²) in [5.74, 6) is 6.25. The molecule has 8 heteroatoms. The number of methoxy groups -OCH3 is 1. The Kier molecular flexibility index (Phi) is 10.8. The molecule has 0 atom stereocenters. The molecule has 2 N–H and O–H groups in total. The molecule has 1 aromatic rings. The fourth-order valence-electron chi connectivity index (χ4n) is 3.50. The van der Waals surface area contributed by atoms with Crippen molar-refractivity contribution in [2.24, 2.45) is 10.4 Å². The number of aliphatic imine (C=N–C) groups is 1. The van der Waals surface area contributed by atoms with Crippen molar-refractivity contribution in [3.05, 3.63) is 35.4 Å². The molecule has 0 aliphatic heterocycles. The fourth-order valence-corrected chi connectivity index (χ4v) is 3.50. The van der Waals surface area contributed by atoms with E-state index < -0.39 is 11.7 Å². The number of alkyl halides is 3. The first-order chi connectivity index (χ1) is 13.4. The molecule has 162 valence electrons. The van der Waals surface area contributed by atoms with Crippen molar-refractivity contribution < 1.29 is 17.9 Å². The predicted molar refractivity (Wildman–Crippen MR) is 120 cm³/mol. The average Bonchev–Trinajstić information content (AvgIpc) is 3.14. The molecular formula is C21H29F3IN3O. The predicted octanol–water partition coefficient (Wildman–Crippen LogP) is 4.44. The van der Waals surface area contributed by atoms with Gasteiger partial charge in [0.2, 0.25) is 0 Å². The van der Waals surface area contributed by atoms with Crippen molar-refractivity contribution in [1.29, 1.82) is 0 Å². The van der Waals surface area contributed by atoms with E-state index in [9.17, 15) is 13.2 Å². The van der Waals surface area contributed by atoms with Crippen LogP contribution < -0.4 is 10.6 Å². The molecule has 0 saturated heterocycles. The van der Waals surface area contributed by atoms with Crippen LogP contribution in [0.5, 0.6) is 0 Å². The van der Waals surface area contributed by atoms with Crippen molar-refractivity contribution in [2.75, 3.05) is 33.9 Å². The van der Waals surface area contributed by atoms with E-state index in [0.29, 0.717) is 18.1 Å². The Balaban J connectivity index is 0.00000420. The summed E-state index contributed by atoms with van der Waals surface area (Å²) in [5.41, 5.74) is -0.121. The second kappa shape index (κ2) is 12.3. The first-order valence-corrected chi connectivity index (χ1v) is 9.48. The van der Waals surface area contributed by atoms with E-state index >= 15 is 0 Å². The molecule has 29 heavy (non-hydrogen) atoms. The van der Waals surface area contributed by atoms with Crippen LogP contribution in [0.4, 0.5) is 13.2 Å². The Hall–Kier alpha value is -1.47. The van der Waals surface area contributed by atoms with E-state index in [1.165, 1.54) is 31.7 Å². The highest BCUT2D eigenvalue weighted by Crippen LogP contribution is 2.40. The van der Waals surface area contributed by atoms with Gasteiger partial charge >= 0.3 is 6.18 Å². The third-order valence-electron chi connectivity index (χ3n) is 5.12. The highest BCUT2D eigenvalue weighted by Gasteiger charge is 2.33. The van der Waals surface area contributed by atoms with Gasteiger partial charge in [-0.3, -0.25) is 4.99 Å². The molecule has 1 saturated carbocycles. The van der Waals surface area contributed by atoms with Gasteiger partial charge in [-0.1, -0.05) is 30.7 Å². The zero-order valence-electron chi connectivity index (χ0n) is 16.9. The third kappa shape index (κ3) is 8.42. The molecule has 0 bridgehead atoms. The van der Waals surface area contributed by atoms with Gasteiger partial charge in [0.25, 0.3) is 0 Å². The maximum Gasteiger partial charge on any atom is 0.416 e. The molecule has 1 aromatic carbocycles. The number of nitrogens with one attached hydrogen (secondary N) is 2. The van der Waals surface area contributed by atoms with Gasteiger partial charge in [-0.25, -0.2) is 0 Å². The first kappa shape index (κ1) is 25.6. The van der Waals surface area contributed by atoms with Gasteiger partial charge in [-0.05, 0) is 42.9 Å². The summed E-state index contributed by atoms with van der Waals surface area (Å²) in [6.07, 6.45) is 1.48. The minimum Gasteiger partial charge on any atom is -0.385 e. The standard InChI is InChI=1S/C21H28F3N3O.HI/c1-25-19(27-16-20(12-14-28-2)10-3-4-11-20)26-13-6-8-17-7-5-9-18(15-17)21(22,23)24;/h5,7,9,15H,3-4,10-14,16H2,1-2H3,(H2,25,26,27);1H. The topological polar surface area (TPSA) is 45.7 Å². The van der Waals surface area contributed by atoms with Crippen LogP contribution in [0.1, 0.15) is 43.2 Å². The second-order valence-electron chi connectivity index (χ2n) is 7.11. The van der Waals surface area contributed by atoms with E-state index in [4.69, 9.17) is 4.74 Å². The molecule has 0 amide bonds. The van der Waals surface area contributed by atoms with E-state index in [1.54, 1.807) is 20.2 Å². The Bertz CT molecular complexity index is 720. The molecule has 1 aliphatic carbocycles. The smallest absolute Gasteiger partial charge is 0.385 e. The molecule has 4 nitrogen and oxygen atoms in total. The minimum atomic E-state index is -4.36. The van der Waals surface area contributed by atoms with Crippen molar-refractivity contribution >= 4 is 29.9 Å². The SMILES string of the molecule is CN=C(NCC#Cc1cccc(C(F)(F)F)c1)NCC1(CCOC)CCCC1.I. The van der Waals surface area contributed by atoms with Crippen LogP contribution >= 0.6 is 24.0 Å². The number of benzene rings is 1. The summed E-state index contributed by atoms with van der Waals surface area (Å²) in [6, 6.07) is 5.02. The molecule has 0 aromatic heterocycles. The van der Waals surface area contributed by atoms with E-state index in [0.717, 1.165) is 31.7 Å². The summed E-state index contributed by atoms with van der Waals surface area (Å²) >= 11 is 0. The normalized spacial score (nSPS) is 15.8. The maximum atomic E-state index is 12.7. The van der Waals surface area contributed by atoms with Crippen LogP contribution in [-0.4, -0.2) is 39.8 Å². The highest BCUT2D eigenvalue weighted by molar-refractivity contribution is 14.0. The lowest BCUT2D eigenvalue weighted by Crippen LogP contribution is -2.43. The number of ether oxygens (including phenoxy) is 1. The van der Waals surface area contributed by atoms with Gasteiger partial charge in [0.05, 0.1) is 12.1 Å². The summed E-state index contributed by atoms with van der Waals surface area (Å²) in [5, 5.41) is 6.45. The molecule has 0 heterocycles.